The van der Waals surface area contributed by atoms with Gasteiger partial charge in [0, 0.05) is 18.6 Å². The SMILES string of the molecule is O=C(O)CCCCCOc1ccc(N=Nc2ccc([N+](=O)[O-])cc2)cc1. The van der Waals surface area contributed by atoms with Gasteiger partial charge >= 0.3 is 5.97 Å². The molecular formula is C18H19N3O5. The molecule has 26 heavy (non-hydrogen) atoms. The standard InChI is InChI=1S/C18H19N3O5/c22-18(23)4-2-1-3-13-26-17-11-7-15(8-12-17)20-19-14-5-9-16(10-6-14)21(24)25/h5-12H,1-4,13H2,(H,22,23). The van der Waals surface area contributed by atoms with Crippen LogP contribution in [0.3, 0.4) is 0 Å². The van der Waals surface area contributed by atoms with E-state index in [0.29, 0.717) is 30.2 Å². The molecule has 0 aliphatic heterocycles. The first-order chi connectivity index (χ1) is 12.5. The first-order valence-corrected chi connectivity index (χ1v) is 8.15. The molecular weight excluding hydrogens is 338 g/mol. The van der Waals surface area contributed by atoms with Gasteiger partial charge in [0.2, 0.25) is 0 Å². The zero-order valence-corrected chi connectivity index (χ0v) is 14.1. The predicted molar refractivity (Wildman–Crippen MR) is 95.3 cm³/mol. The Hall–Kier alpha value is -3.29. The lowest BCUT2D eigenvalue weighted by atomic mass is 10.2. The number of ether oxygens (including phenoxy) is 1. The first kappa shape index (κ1) is 19.0. The smallest absolute Gasteiger partial charge is 0.303 e. The van der Waals surface area contributed by atoms with Crippen LogP contribution in [0, 0.1) is 10.1 Å². The summed E-state index contributed by atoms with van der Waals surface area (Å²) in [5.74, 6) is -0.0677. The van der Waals surface area contributed by atoms with Gasteiger partial charge in [-0.25, -0.2) is 0 Å². The number of non-ortho nitro benzene ring substituents is 1. The Balaban J connectivity index is 1.77. The summed E-state index contributed by atoms with van der Waals surface area (Å²) < 4.78 is 5.58. The summed E-state index contributed by atoms with van der Waals surface area (Å²) in [6.45, 7) is 0.531. The molecule has 0 unspecified atom stereocenters. The van der Waals surface area contributed by atoms with E-state index in [4.69, 9.17) is 9.84 Å². The van der Waals surface area contributed by atoms with E-state index < -0.39 is 10.9 Å². The number of azo groups is 1. The molecule has 0 radical (unpaired) electrons. The van der Waals surface area contributed by atoms with E-state index in [-0.39, 0.29) is 12.1 Å². The van der Waals surface area contributed by atoms with E-state index in [9.17, 15) is 14.9 Å². The van der Waals surface area contributed by atoms with Crippen LogP contribution in [0.15, 0.2) is 58.8 Å². The van der Waals surface area contributed by atoms with Gasteiger partial charge in [-0.1, -0.05) is 0 Å². The number of benzene rings is 2. The maximum absolute atomic E-state index is 10.6. The Bertz CT molecular complexity index is 757. The van der Waals surface area contributed by atoms with Crippen LogP contribution in [-0.2, 0) is 4.79 Å². The fourth-order valence-electron chi connectivity index (χ4n) is 2.11. The lowest BCUT2D eigenvalue weighted by Crippen LogP contribution is -1.98. The van der Waals surface area contributed by atoms with Gasteiger partial charge in [0.25, 0.3) is 5.69 Å². The molecule has 0 spiro atoms. The van der Waals surface area contributed by atoms with E-state index >= 15 is 0 Å². The Labute approximate surface area is 150 Å². The van der Waals surface area contributed by atoms with Gasteiger partial charge in [-0.05, 0) is 55.7 Å². The predicted octanol–water partition coefficient (Wildman–Crippen LogP) is 5.03. The molecule has 0 fully saturated rings. The van der Waals surface area contributed by atoms with E-state index in [1.165, 1.54) is 24.3 Å². The molecule has 0 heterocycles. The minimum atomic E-state index is -0.774. The lowest BCUT2D eigenvalue weighted by molar-refractivity contribution is -0.384. The highest BCUT2D eigenvalue weighted by molar-refractivity contribution is 5.66. The van der Waals surface area contributed by atoms with Crippen molar-refractivity contribution in [1.82, 2.24) is 0 Å². The van der Waals surface area contributed by atoms with Crippen LogP contribution in [0.1, 0.15) is 25.7 Å². The van der Waals surface area contributed by atoms with Crippen LogP contribution in [0.25, 0.3) is 0 Å². The normalized spacial score (nSPS) is 10.8. The summed E-state index contributed by atoms with van der Waals surface area (Å²) in [7, 11) is 0. The summed E-state index contributed by atoms with van der Waals surface area (Å²) in [6, 6.07) is 12.9. The molecule has 0 saturated carbocycles. The summed E-state index contributed by atoms with van der Waals surface area (Å²) in [4.78, 5) is 20.5. The van der Waals surface area contributed by atoms with Crippen LogP contribution in [0.4, 0.5) is 17.1 Å². The molecule has 8 nitrogen and oxygen atoms in total. The molecule has 0 aromatic heterocycles. The number of nitro groups is 1. The number of carboxylic acids is 1. The van der Waals surface area contributed by atoms with Crippen LogP contribution in [0.2, 0.25) is 0 Å². The Kier molecular flexibility index (Phi) is 7.23. The van der Waals surface area contributed by atoms with Gasteiger partial charge in [0.05, 0.1) is 22.9 Å². The Morgan fingerprint density at radius 3 is 2.08 bits per heavy atom. The zero-order chi connectivity index (χ0) is 18.8. The third-order valence-electron chi connectivity index (χ3n) is 3.48. The van der Waals surface area contributed by atoms with Crippen LogP contribution >= 0.6 is 0 Å². The fraction of sp³-hybridized carbons (Fsp3) is 0.278. The highest BCUT2D eigenvalue weighted by Gasteiger charge is 2.03. The minimum absolute atomic E-state index is 0.00779. The van der Waals surface area contributed by atoms with Gasteiger partial charge in [-0.3, -0.25) is 14.9 Å². The summed E-state index contributed by atoms with van der Waals surface area (Å²) >= 11 is 0. The maximum Gasteiger partial charge on any atom is 0.303 e. The highest BCUT2D eigenvalue weighted by Crippen LogP contribution is 2.23. The maximum atomic E-state index is 10.6. The van der Waals surface area contributed by atoms with Crippen LogP contribution in [0.5, 0.6) is 5.75 Å². The van der Waals surface area contributed by atoms with Crippen molar-refractivity contribution in [2.24, 2.45) is 10.2 Å². The van der Waals surface area contributed by atoms with E-state index in [1.54, 1.807) is 24.3 Å². The number of hydrogen-bond acceptors (Lipinski definition) is 6. The second kappa shape index (κ2) is 9.87. The summed E-state index contributed by atoms with van der Waals surface area (Å²) in [5, 5.41) is 27.2. The van der Waals surface area contributed by atoms with E-state index in [2.05, 4.69) is 10.2 Å². The third-order valence-corrected chi connectivity index (χ3v) is 3.48. The molecule has 0 bridgehead atoms. The Morgan fingerprint density at radius 2 is 1.54 bits per heavy atom. The molecule has 136 valence electrons. The molecule has 0 aliphatic rings. The number of rotatable bonds is 10. The largest absolute Gasteiger partial charge is 0.494 e. The van der Waals surface area contributed by atoms with Gasteiger partial charge in [0.1, 0.15) is 5.75 Å². The van der Waals surface area contributed by atoms with Gasteiger partial charge in [0.15, 0.2) is 0 Å². The summed E-state index contributed by atoms with van der Waals surface area (Å²) in [5.41, 5.74) is 1.17. The van der Waals surface area contributed by atoms with Crippen molar-refractivity contribution >= 4 is 23.0 Å². The molecule has 0 saturated heterocycles. The average Bonchev–Trinajstić information content (AvgIpc) is 2.64. The van der Waals surface area contributed by atoms with Crippen molar-refractivity contribution in [2.75, 3.05) is 6.61 Å². The van der Waals surface area contributed by atoms with E-state index in [0.717, 1.165) is 12.8 Å². The number of aliphatic carboxylic acids is 1. The number of hydrogen-bond donors (Lipinski definition) is 1. The zero-order valence-electron chi connectivity index (χ0n) is 14.1. The molecule has 2 rings (SSSR count). The fourth-order valence-corrected chi connectivity index (χ4v) is 2.11. The summed E-state index contributed by atoms with van der Waals surface area (Å²) in [6.07, 6.45) is 2.46. The third kappa shape index (κ3) is 6.68. The minimum Gasteiger partial charge on any atom is -0.494 e. The number of unbranched alkanes of at least 4 members (excludes halogenated alkanes) is 2. The number of carbonyl (C=O) groups is 1. The molecule has 2 aromatic carbocycles. The van der Waals surface area contributed by atoms with Crippen molar-refractivity contribution in [3.63, 3.8) is 0 Å². The number of nitro benzene ring substituents is 1. The van der Waals surface area contributed by atoms with Gasteiger partial charge < -0.3 is 9.84 Å². The van der Waals surface area contributed by atoms with Crippen molar-refractivity contribution in [2.45, 2.75) is 25.7 Å². The number of nitrogens with zero attached hydrogens (tertiary/aromatic N) is 3. The quantitative estimate of drug-likeness (QED) is 0.277. The molecule has 0 aliphatic carbocycles. The van der Waals surface area contributed by atoms with Crippen LogP contribution in [-0.4, -0.2) is 22.6 Å². The second-order valence-electron chi connectivity index (χ2n) is 5.52. The van der Waals surface area contributed by atoms with Crippen molar-refractivity contribution in [3.8, 4) is 5.75 Å². The molecule has 0 atom stereocenters. The average molecular weight is 357 g/mol. The van der Waals surface area contributed by atoms with Crippen molar-refractivity contribution < 1.29 is 19.6 Å². The molecule has 2 aromatic rings. The van der Waals surface area contributed by atoms with Crippen LogP contribution < -0.4 is 4.74 Å². The number of carboxylic acid groups (broad SMARTS) is 1. The second-order valence-corrected chi connectivity index (χ2v) is 5.52. The first-order valence-electron chi connectivity index (χ1n) is 8.15. The van der Waals surface area contributed by atoms with Gasteiger partial charge in [-0.2, -0.15) is 10.2 Å². The molecule has 1 N–H and O–H groups in total. The van der Waals surface area contributed by atoms with Gasteiger partial charge in [-0.15, -0.1) is 0 Å². The monoisotopic (exact) mass is 357 g/mol. The topological polar surface area (TPSA) is 114 Å². The highest BCUT2D eigenvalue weighted by atomic mass is 16.6. The molecule has 0 amide bonds. The lowest BCUT2D eigenvalue weighted by Gasteiger charge is -2.05. The Morgan fingerprint density at radius 1 is 0.962 bits per heavy atom. The van der Waals surface area contributed by atoms with Crippen molar-refractivity contribution in [3.05, 3.63) is 58.6 Å². The van der Waals surface area contributed by atoms with Crippen molar-refractivity contribution in [1.29, 1.82) is 0 Å². The van der Waals surface area contributed by atoms with E-state index in [1.807, 2.05) is 0 Å². The molecule has 8 heteroatoms.